The van der Waals surface area contributed by atoms with Gasteiger partial charge in [0.1, 0.15) is 0 Å². The first-order chi connectivity index (χ1) is 6.09. The van der Waals surface area contributed by atoms with Gasteiger partial charge in [-0.25, -0.2) is 0 Å². The van der Waals surface area contributed by atoms with Crippen LogP contribution in [0.5, 0.6) is 0 Å². The number of anilines is 1. The summed E-state index contributed by atoms with van der Waals surface area (Å²) in [5.41, 5.74) is 7.70. The number of halogens is 1. The van der Waals surface area contributed by atoms with Gasteiger partial charge in [0.05, 0.1) is 11.1 Å². The van der Waals surface area contributed by atoms with Crippen LogP contribution in [0.2, 0.25) is 5.02 Å². The van der Waals surface area contributed by atoms with Crippen LogP contribution >= 0.6 is 11.6 Å². The molecule has 1 heterocycles. The van der Waals surface area contributed by atoms with E-state index in [2.05, 4.69) is 0 Å². The molecule has 0 fully saturated rings. The Morgan fingerprint density at radius 1 is 1.62 bits per heavy atom. The minimum atomic E-state index is -0.871. The second-order valence-electron chi connectivity index (χ2n) is 3.13. The van der Waals surface area contributed by atoms with Crippen LogP contribution in [0.25, 0.3) is 0 Å². The Labute approximate surface area is 81.6 Å². The molecule has 1 aliphatic heterocycles. The van der Waals surface area contributed by atoms with E-state index in [0.717, 1.165) is 11.0 Å². The number of benzene rings is 1. The van der Waals surface area contributed by atoms with Gasteiger partial charge < -0.3 is 15.4 Å². The maximum absolute atomic E-state index is 9.45. The zero-order valence-electron chi connectivity index (χ0n) is 7.12. The fourth-order valence-electron chi connectivity index (χ4n) is 1.53. The van der Waals surface area contributed by atoms with Crippen LogP contribution in [0.15, 0.2) is 12.1 Å². The van der Waals surface area contributed by atoms with Gasteiger partial charge in [-0.15, -0.1) is 0 Å². The Balaban J connectivity index is 2.58. The quantitative estimate of drug-likeness (QED) is 0.475. The third-order valence-corrected chi connectivity index (χ3v) is 2.57. The van der Waals surface area contributed by atoms with Gasteiger partial charge in [0, 0.05) is 5.69 Å². The topological polar surface area (TPSA) is 55.5 Å². The summed E-state index contributed by atoms with van der Waals surface area (Å²) in [6.07, 6.45) is -0.122. The largest absolute Gasteiger partial charge is 0.492 e. The lowest BCUT2D eigenvalue weighted by molar-refractivity contribution is 0.209. The van der Waals surface area contributed by atoms with E-state index in [1.165, 1.54) is 0 Å². The number of hydrogen-bond acceptors (Lipinski definition) is 3. The molecule has 1 unspecified atom stereocenters. The van der Waals surface area contributed by atoms with E-state index in [0.29, 0.717) is 10.7 Å². The maximum atomic E-state index is 9.45. The molecule has 0 saturated heterocycles. The van der Waals surface area contributed by atoms with Gasteiger partial charge >= 0.3 is 7.12 Å². The molecule has 1 atom stereocenters. The molecule has 0 aromatic heterocycles. The molecule has 3 nitrogen and oxygen atoms in total. The van der Waals surface area contributed by atoms with Gasteiger partial charge in [-0.3, -0.25) is 0 Å². The Hall–Kier alpha value is -0.705. The fraction of sp³-hybridized carbons (Fsp3) is 0.250. The number of hydrogen-bond donors (Lipinski definition) is 2. The molecule has 0 spiro atoms. The molecular weight excluding hydrogens is 188 g/mol. The SMILES string of the molecule is CC1OB(O)c2cc(N)c(Cl)cc21. The van der Waals surface area contributed by atoms with Crippen molar-refractivity contribution in [3.8, 4) is 0 Å². The number of nitrogen functional groups attached to an aromatic ring is 1. The molecular formula is C8H9BClNO2. The van der Waals surface area contributed by atoms with Crippen LogP contribution in [-0.4, -0.2) is 12.1 Å². The van der Waals surface area contributed by atoms with Crippen molar-refractivity contribution in [1.82, 2.24) is 0 Å². The number of nitrogens with two attached hydrogens (primary N) is 1. The van der Waals surface area contributed by atoms with Crippen molar-refractivity contribution in [3.63, 3.8) is 0 Å². The summed E-state index contributed by atoms with van der Waals surface area (Å²) in [5, 5.41) is 9.95. The van der Waals surface area contributed by atoms with Crippen LogP contribution in [-0.2, 0) is 4.65 Å². The zero-order chi connectivity index (χ0) is 9.59. The minimum absolute atomic E-state index is 0.122. The lowest BCUT2D eigenvalue weighted by atomic mass is 9.79. The normalized spacial score (nSPS) is 20.5. The molecule has 1 aromatic rings. The van der Waals surface area contributed by atoms with Crippen LogP contribution in [0, 0.1) is 0 Å². The van der Waals surface area contributed by atoms with E-state index in [4.69, 9.17) is 22.0 Å². The second-order valence-corrected chi connectivity index (χ2v) is 3.54. The van der Waals surface area contributed by atoms with E-state index in [9.17, 15) is 5.02 Å². The van der Waals surface area contributed by atoms with Crippen molar-refractivity contribution in [2.45, 2.75) is 13.0 Å². The monoisotopic (exact) mass is 197 g/mol. The van der Waals surface area contributed by atoms with Crippen LogP contribution in [0.1, 0.15) is 18.6 Å². The maximum Gasteiger partial charge on any atom is 0.492 e. The molecule has 5 heteroatoms. The molecule has 13 heavy (non-hydrogen) atoms. The highest BCUT2D eigenvalue weighted by molar-refractivity contribution is 6.62. The Bertz CT molecular complexity index is 325. The van der Waals surface area contributed by atoms with Crippen molar-refractivity contribution in [2.24, 2.45) is 0 Å². The van der Waals surface area contributed by atoms with Gasteiger partial charge in [-0.1, -0.05) is 11.6 Å². The first-order valence-corrected chi connectivity index (χ1v) is 4.39. The summed E-state index contributed by atoms with van der Waals surface area (Å²) in [6, 6.07) is 3.40. The molecule has 1 aromatic carbocycles. The van der Waals surface area contributed by atoms with Gasteiger partial charge in [0.2, 0.25) is 0 Å². The van der Waals surface area contributed by atoms with Crippen LogP contribution < -0.4 is 11.2 Å². The van der Waals surface area contributed by atoms with E-state index in [-0.39, 0.29) is 6.10 Å². The average Bonchev–Trinajstić information content (AvgIpc) is 2.31. The van der Waals surface area contributed by atoms with Gasteiger partial charge in [-0.2, -0.15) is 0 Å². The molecule has 68 valence electrons. The summed E-state index contributed by atoms with van der Waals surface area (Å²) >= 11 is 5.84. The number of fused-ring (bicyclic) bond motifs is 1. The van der Waals surface area contributed by atoms with E-state index in [1.807, 2.05) is 6.92 Å². The third kappa shape index (κ3) is 1.31. The standard InChI is InChI=1S/C8H9BClNO2/c1-4-5-2-7(10)8(11)3-6(5)9(12)13-4/h2-4,12H,11H2,1H3. The van der Waals surface area contributed by atoms with Crippen molar-refractivity contribution in [1.29, 1.82) is 0 Å². The minimum Gasteiger partial charge on any atom is -0.423 e. The molecule has 2 rings (SSSR count). The highest BCUT2D eigenvalue weighted by Crippen LogP contribution is 2.28. The van der Waals surface area contributed by atoms with Gasteiger partial charge in [0.15, 0.2) is 0 Å². The third-order valence-electron chi connectivity index (χ3n) is 2.24. The first-order valence-electron chi connectivity index (χ1n) is 4.02. The molecule has 3 N–H and O–H groups in total. The molecule has 0 aliphatic carbocycles. The summed E-state index contributed by atoms with van der Waals surface area (Å²) < 4.78 is 5.18. The summed E-state index contributed by atoms with van der Waals surface area (Å²) in [5.74, 6) is 0. The molecule has 0 saturated carbocycles. The van der Waals surface area contributed by atoms with Crippen molar-refractivity contribution in [2.75, 3.05) is 5.73 Å². The molecule has 0 bridgehead atoms. The summed E-state index contributed by atoms with van der Waals surface area (Å²) in [4.78, 5) is 0. The van der Waals surface area contributed by atoms with Crippen molar-refractivity contribution in [3.05, 3.63) is 22.7 Å². The Morgan fingerprint density at radius 3 is 3.00 bits per heavy atom. The van der Waals surface area contributed by atoms with Gasteiger partial charge in [-0.05, 0) is 30.1 Å². The molecule has 0 radical (unpaired) electrons. The van der Waals surface area contributed by atoms with E-state index in [1.54, 1.807) is 12.1 Å². The Morgan fingerprint density at radius 2 is 2.31 bits per heavy atom. The van der Waals surface area contributed by atoms with Crippen LogP contribution in [0.3, 0.4) is 0 Å². The summed E-state index contributed by atoms with van der Waals surface area (Å²) in [6.45, 7) is 1.86. The average molecular weight is 197 g/mol. The first kappa shape index (κ1) is 8.87. The molecule has 1 aliphatic rings. The predicted octanol–water partition coefficient (Wildman–Crippen LogP) is 0.701. The predicted molar refractivity (Wildman–Crippen MR) is 53.0 cm³/mol. The second kappa shape index (κ2) is 2.91. The molecule has 0 amide bonds. The highest BCUT2D eigenvalue weighted by Gasteiger charge is 2.33. The summed E-state index contributed by atoms with van der Waals surface area (Å²) in [7, 11) is -0.871. The highest BCUT2D eigenvalue weighted by atomic mass is 35.5. The van der Waals surface area contributed by atoms with Crippen LogP contribution in [0.4, 0.5) is 5.69 Å². The smallest absolute Gasteiger partial charge is 0.423 e. The van der Waals surface area contributed by atoms with Crippen molar-refractivity contribution >= 4 is 29.9 Å². The van der Waals surface area contributed by atoms with E-state index >= 15 is 0 Å². The lowest BCUT2D eigenvalue weighted by Crippen LogP contribution is -2.28. The fourth-order valence-corrected chi connectivity index (χ4v) is 1.70. The van der Waals surface area contributed by atoms with Crippen molar-refractivity contribution < 1.29 is 9.68 Å². The zero-order valence-corrected chi connectivity index (χ0v) is 7.88. The Kier molecular flexibility index (Phi) is 1.98. The number of rotatable bonds is 0. The van der Waals surface area contributed by atoms with Gasteiger partial charge in [0.25, 0.3) is 0 Å². The lowest BCUT2D eigenvalue weighted by Gasteiger charge is -2.05. The van der Waals surface area contributed by atoms with E-state index < -0.39 is 7.12 Å².